The zero-order chi connectivity index (χ0) is 20.0. The maximum Gasteiger partial charge on any atom is 0.228 e. The van der Waals surface area contributed by atoms with E-state index in [0.717, 1.165) is 5.56 Å². The topological polar surface area (TPSA) is 66.5 Å². The molecule has 1 amide bonds. The van der Waals surface area contributed by atoms with E-state index in [1.807, 2.05) is 30.3 Å². The van der Waals surface area contributed by atoms with Crippen molar-refractivity contribution >= 4 is 21.6 Å². The number of benzene rings is 2. The zero-order valence-corrected chi connectivity index (χ0v) is 16.5. The molecule has 0 saturated carbocycles. The second-order valence-electron chi connectivity index (χ2n) is 7.10. The second kappa shape index (κ2) is 9.30. The Bertz CT molecular complexity index is 903. The third kappa shape index (κ3) is 5.62. The highest BCUT2D eigenvalue weighted by molar-refractivity contribution is 7.89. The van der Waals surface area contributed by atoms with E-state index >= 15 is 0 Å². The van der Waals surface area contributed by atoms with Crippen molar-refractivity contribution in [3.05, 3.63) is 66.0 Å². The van der Waals surface area contributed by atoms with Crippen LogP contribution in [0.25, 0.3) is 0 Å². The molecule has 1 fully saturated rings. The number of nitrogens with zero attached hydrogens (tertiary/aromatic N) is 1. The Morgan fingerprint density at radius 1 is 1.14 bits per heavy atom. The highest BCUT2D eigenvalue weighted by Crippen LogP contribution is 2.22. The molecular weight excluding hydrogens is 379 g/mol. The van der Waals surface area contributed by atoms with E-state index in [2.05, 4.69) is 5.32 Å². The maximum absolute atomic E-state index is 13.3. The van der Waals surface area contributed by atoms with Gasteiger partial charge in [0.1, 0.15) is 5.82 Å². The summed E-state index contributed by atoms with van der Waals surface area (Å²) < 4.78 is 40.1. The van der Waals surface area contributed by atoms with Crippen LogP contribution in [0.5, 0.6) is 0 Å². The predicted molar refractivity (Wildman–Crippen MR) is 108 cm³/mol. The first-order valence-electron chi connectivity index (χ1n) is 9.52. The van der Waals surface area contributed by atoms with E-state index in [1.54, 1.807) is 6.07 Å². The highest BCUT2D eigenvalue weighted by Gasteiger charge is 2.32. The van der Waals surface area contributed by atoms with E-state index in [0.29, 0.717) is 37.9 Å². The van der Waals surface area contributed by atoms with Gasteiger partial charge in [0.05, 0.1) is 11.7 Å². The Hall–Kier alpha value is -2.25. The van der Waals surface area contributed by atoms with Crippen LogP contribution in [-0.2, 0) is 21.2 Å². The fourth-order valence-electron chi connectivity index (χ4n) is 3.45. The van der Waals surface area contributed by atoms with Gasteiger partial charge in [0.2, 0.25) is 15.9 Å². The number of piperidine rings is 1. The van der Waals surface area contributed by atoms with Crippen LogP contribution in [0.3, 0.4) is 0 Å². The van der Waals surface area contributed by atoms with Crippen molar-refractivity contribution in [1.29, 1.82) is 0 Å². The molecule has 0 aromatic heterocycles. The minimum absolute atomic E-state index is 0.0696. The molecule has 3 rings (SSSR count). The molecule has 1 heterocycles. The number of amides is 1. The normalized spacial score (nSPS) is 18.0. The van der Waals surface area contributed by atoms with Gasteiger partial charge < -0.3 is 5.32 Å². The number of sulfonamides is 1. The van der Waals surface area contributed by atoms with Crippen LogP contribution in [0.4, 0.5) is 10.1 Å². The molecule has 1 saturated heterocycles. The van der Waals surface area contributed by atoms with Crippen molar-refractivity contribution in [1.82, 2.24) is 4.31 Å². The second-order valence-corrected chi connectivity index (χ2v) is 9.19. The summed E-state index contributed by atoms with van der Waals surface area (Å²) in [5.74, 6) is -1.06. The summed E-state index contributed by atoms with van der Waals surface area (Å²) in [6.07, 6.45) is 2.51. The first-order chi connectivity index (χ1) is 13.4. The van der Waals surface area contributed by atoms with Gasteiger partial charge in [-0.3, -0.25) is 4.79 Å². The minimum atomic E-state index is -3.41. The molecule has 5 nitrogen and oxygen atoms in total. The Labute approximate surface area is 165 Å². The molecule has 0 spiro atoms. The van der Waals surface area contributed by atoms with Crippen molar-refractivity contribution in [3.8, 4) is 0 Å². The summed E-state index contributed by atoms with van der Waals surface area (Å²) in [6, 6.07) is 15.5. The van der Waals surface area contributed by atoms with Gasteiger partial charge in [-0.05, 0) is 49.4 Å². The molecule has 1 aliphatic heterocycles. The average Bonchev–Trinajstić information content (AvgIpc) is 2.69. The molecule has 0 radical (unpaired) electrons. The van der Waals surface area contributed by atoms with Crippen LogP contribution in [-0.4, -0.2) is 37.5 Å². The van der Waals surface area contributed by atoms with E-state index in [4.69, 9.17) is 0 Å². The van der Waals surface area contributed by atoms with Crippen LogP contribution in [0.15, 0.2) is 54.6 Å². The lowest BCUT2D eigenvalue weighted by atomic mass is 9.99. The quantitative estimate of drug-likeness (QED) is 0.769. The molecule has 7 heteroatoms. The van der Waals surface area contributed by atoms with Crippen molar-refractivity contribution in [2.75, 3.05) is 24.2 Å². The van der Waals surface area contributed by atoms with Gasteiger partial charge in [0.15, 0.2) is 0 Å². The van der Waals surface area contributed by atoms with Gasteiger partial charge in [0.25, 0.3) is 0 Å². The number of nitrogens with one attached hydrogen (secondary N) is 1. The largest absolute Gasteiger partial charge is 0.326 e. The fourth-order valence-corrected chi connectivity index (χ4v) is 5.03. The minimum Gasteiger partial charge on any atom is -0.326 e. The van der Waals surface area contributed by atoms with Crippen molar-refractivity contribution in [2.45, 2.75) is 25.7 Å². The molecule has 1 aliphatic rings. The first kappa shape index (κ1) is 20.5. The number of carbonyl (C=O) groups is 1. The van der Waals surface area contributed by atoms with Gasteiger partial charge in [-0.25, -0.2) is 17.1 Å². The number of anilines is 1. The van der Waals surface area contributed by atoms with E-state index < -0.39 is 21.8 Å². The number of halogens is 1. The van der Waals surface area contributed by atoms with Crippen LogP contribution < -0.4 is 5.32 Å². The molecule has 2 aromatic carbocycles. The molecule has 0 bridgehead atoms. The fraction of sp³-hybridized carbons (Fsp3) is 0.381. The number of carbonyl (C=O) groups excluding carboxylic acids is 1. The van der Waals surface area contributed by atoms with Gasteiger partial charge in [-0.1, -0.05) is 36.4 Å². The SMILES string of the molecule is O=C(Nc1cccc(F)c1)[C@H]1CCCN(S(=O)(=O)CCCc2ccccc2)C1. The molecule has 2 aromatic rings. The van der Waals surface area contributed by atoms with Crippen molar-refractivity contribution in [3.63, 3.8) is 0 Å². The van der Waals surface area contributed by atoms with Gasteiger partial charge >= 0.3 is 0 Å². The smallest absolute Gasteiger partial charge is 0.228 e. The lowest BCUT2D eigenvalue weighted by Crippen LogP contribution is -2.44. The molecule has 150 valence electrons. The summed E-state index contributed by atoms with van der Waals surface area (Å²) in [5, 5.41) is 2.69. The Morgan fingerprint density at radius 3 is 2.68 bits per heavy atom. The third-order valence-electron chi connectivity index (χ3n) is 4.95. The standard InChI is InChI=1S/C21H25FN2O3S/c22-19-11-4-12-20(15-19)23-21(25)18-10-5-13-24(16-18)28(26,27)14-6-9-17-7-2-1-3-8-17/h1-4,7-8,11-12,15,18H,5-6,9-10,13-14,16H2,(H,23,25)/t18-/m0/s1. The summed E-state index contributed by atoms with van der Waals surface area (Å²) in [4.78, 5) is 12.5. The first-order valence-corrected chi connectivity index (χ1v) is 11.1. The van der Waals surface area contributed by atoms with Gasteiger partial charge in [0, 0.05) is 18.8 Å². The van der Waals surface area contributed by atoms with Gasteiger partial charge in [-0.15, -0.1) is 0 Å². The van der Waals surface area contributed by atoms with E-state index in [1.165, 1.54) is 22.5 Å². The van der Waals surface area contributed by atoms with Crippen LogP contribution >= 0.6 is 0 Å². The third-order valence-corrected chi connectivity index (χ3v) is 6.87. The number of rotatable bonds is 7. The Morgan fingerprint density at radius 2 is 1.93 bits per heavy atom. The average molecular weight is 405 g/mol. The van der Waals surface area contributed by atoms with Crippen molar-refractivity contribution < 1.29 is 17.6 Å². The number of hydrogen-bond donors (Lipinski definition) is 1. The van der Waals surface area contributed by atoms with Crippen LogP contribution in [0.1, 0.15) is 24.8 Å². The summed E-state index contributed by atoms with van der Waals surface area (Å²) in [7, 11) is -3.41. The molecule has 28 heavy (non-hydrogen) atoms. The van der Waals surface area contributed by atoms with Crippen molar-refractivity contribution in [2.24, 2.45) is 5.92 Å². The summed E-state index contributed by atoms with van der Waals surface area (Å²) in [5.41, 5.74) is 1.50. The number of aryl methyl sites for hydroxylation is 1. The molecular formula is C21H25FN2O3S. The van der Waals surface area contributed by atoms with Crippen LogP contribution in [0, 0.1) is 11.7 Å². The molecule has 0 unspecified atom stereocenters. The maximum atomic E-state index is 13.3. The van der Waals surface area contributed by atoms with E-state index in [-0.39, 0.29) is 18.2 Å². The Balaban J connectivity index is 1.54. The highest BCUT2D eigenvalue weighted by atomic mass is 32.2. The summed E-state index contributed by atoms with van der Waals surface area (Å²) >= 11 is 0. The summed E-state index contributed by atoms with van der Waals surface area (Å²) in [6.45, 7) is 0.617. The van der Waals surface area contributed by atoms with Crippen LogP contribution in [0.2, 0.25) is 0 Å². The van der Waals surface area contributed by atoms with E-state index in [9.17, 15) is 17.6 Å². The molecule has 0 aliphatic carbocycles. The monoisotopic (exact) mass is 404 g/mol. The lowest BCUT2D eigenvalue weighted by molar-refractivity contribution is -0.120. The molecule has 1 atom stereocenters. The Kier molecular flexibility index (Phi) is 6.80. The number of hydrogen-bond acceptors (Lipinski definition) is 3. The molecule has 1 N–H and O–H groups in total. The lowest BCUT2D eigenvalue weighted by Gasteiger charge is -2.31. The predicted octanol–water partition coefficient (Wildman–Crippen LogP) is 3.44. The van der Waals surface area contributed by atoms with Gasteiger partial charge in [-0.2, -0.15) is 0 Å². The zero-order valence-electron chi connectivity index (χ0n) is 15.7.